The first kappa shape index (κ1) is 34.2. The molecule has 7 aromatic carbocycles. The number of nitriles is 1. The summed E-state index contributed by atoms with van der Waals surface area (Å²) in [4.78, 5) is 10.5. The van der Waals surface area contributed by atoms with Crippen LogP contribution in [0.2, 0.25) is 0 Å². The van der Waals surface area contributed by atoms with E-state index in [2.05, 4.69) is 127 Å². The monoisotopic (exact) mass is 759 g/mol. The molecule has 2 unspecified atom stereocenters. The Morgan fingerprint density at radius 1 is 0.508 bits per heavy atom. The van der Waals surface area contributed by atoms with Crippen LogP contribution in [0.1, 0.15) is 55.2 Å². The Bertz CT molecular complexity index is 3140. The molecule has 0 radical (unpaired) electrons. The molecule has 59 heavy (non-hydrogen) atoms. The Morgan fingerprint density at radius 2 is 1.12 bits per heavy atom. The normalized spacial score (nSPS) is 21.9. The molecule has 0 aliphatic heterocycles. The molecule has 4 bridgehead atoms. The van der Waals surface area contributed by atoms with Gasteiger partial charge in [0.2, 0.25) is 0 Å². The molecule has 4 saturated carbocycles. The van der Waals surface area contributed by atoms with E-state index in [9.17, 15) is 5.26 Å². The van der Waals surface area contributed by atoms with Crippen LogP contribution in [0.5, 0.6) is 0 Å². The van der Waals surface area contributed by atoms with Gasteiger partial charge >= 0.3 is 0 Å². The minimum atomic E-state index is 0.157. The van der Waals surface area contributed by atoms with E-state index in [1.165, 1.54) is 60.8 Å². The zero-order chi connectivity index (χ0) is 39.1. The lowest BCUT2D eigenvalue weighted by Gasteiger charge is -2.63. The summed E-state index contributed by atoms with van der Waals surface area (Å²) in [5.74, 6) is 2.16. The first-order chi connectivity index (χ1) is 29.0. The van der Waals surface area contributed by atoms with Crippen LogP contribution in [-0.2, 0) is 10.8 Å². The highest BCUT2D eigenvalue weighted by Crippen LogP contribution is 2.66. The highest BCUT2D eigenvalue weighted by Gasteiger charge is 2.58. The maximum absolute atomic E-state index is 9.83. The van der Waals surface area contributed by atoms with Crippen LogP contribution in [0, 0.1) is 23.2 Å². The molecule has 0 N–H and O–H groups in total. The quantitative estimate of drug-likeness (QED) is 0.169. The number of aromatic nitrogens is 2. The molecule has 282 valence electrons. The molecule has 0 spiro atoms. The number of para-hydroxylation sites is 1. The summed E-state index contributed by atoms with van der Waals surface area (Å²) in [6.07, 6.45) is 7.61. The Kier molecular flexibility index (Phi) is 7.60. The second-order valence-corrected chi connectivity index (χ2v) is 17.6. The van der Waals surface area contributed by atoms with Crippen molar-refractivity contribution in [1.29, 1.82) is 5.26 Å². The zero-order valence-electron chi connectivity index (χ0n) is 32.7. The van der Waals surface area contributed by atoms with Crippen molar-refractivity contribution in [3.63, 3.8) is 0 Å². The highest BCUT2D eigenvalue weighted by molar-refractivity contribution is 6.11. The molecule has 4 fully saturated rings. The molecule has 2 heterocycles. The minimum Gasteiger partial charge on any atom is -0.456 e. The fourth-order valence-corrected chi connectivity index (χ4v) is 12.0. The second-order valence-electron chi connectivity index (χ2n) is 17.6. The van der Waals surface area contributed by atoms with Gasteiger partial charge in [-0.3, -0.25) is 0 Å². The third kappa shape index (κ3) is 5.49. The van der Waals surface area contributed by atoms with Crippen LogP contribution >= 0.6 is 0 Å². The van der Waals surface area contributed by atoms with Gasteiger partial charge in [0, 0.05) is 32.8 Å². The van der Waals surface area contributed by atoms with Gasteiger partial charge in [0.15, 0.2) is 5.82 Å². The lowest BCUT2D eigenvalue weighted by molar-refractivity contribution is -0.0281. The first-order valence-electron chi connectivity index (χ1n) is 21.0. The number of rotatable bonds is 6. The molecule has 4 heteroatoms. The van der Waals surface area contributed by atoms with Gasteiger partial charge in [0.25, 0.3) is 0 Å². The lowest BCUT2D eigenvalue weighted by Crippen LogP contribution is -2.55. The summed E-state index contributed by atoms with van der Waals surface area (Å²) < 4.78 is 6.28. The van der Waals surface area contributed by atoms with Gasteiger partial charge in [-0.25, -0.2) is 9.97 Å². The van der Waals surface area contributed by atoms with Gasteiger partial charge in [0.1, 0.15) is 11.2 Å². The van der Waals surface area contributed by atoms with E-state index >= 15 is 0 Å². The van der Waals surface area contributed by atoms with Crippen molar-refractivity contribution >= 4 is 32.7 Å². The fraction of sp³-hybridized carbons (Fsp3) is 0.182. The molecular weight excluding hydrogens is 719 g/mol. The van der Waals surface area contributed by atoms with Crippen LogP contribution < -0.4 is 0 Å². The maximum atomic E-state index is 9.83. The summed E-state index contributed by atoms with van der Waals surface area (Å²) in [6.45, 7) is 0. The molecule has 2 atom stereocenters. The van der Waals surface area contributed by atoms with Crippen molar-refractivity contribution in [1.82, 2.24) is 9.97 Å². The number of hydrogen-bond donors (Lipinski definition) is 0. The Balaban J connectivity index is 0.922. The third-order valence-corrected chi connectivity index (χ3v) is 14.1. The van der Waals surface area contributed by atoms with Crippen LogP contribution in [-0.4, -0.2) is 9.97 Å². The van der Waals surface area contributed by atoms with Gasteiger partial charge in [-0.2, -0.15) is 5.26 Å². The SMILES string of the molecule is N#Cc1cccc2c(-c3cccc(C45CC6CC(CC(c7ccc(-c8cc(-c9ccccc9)nc(-c9cccc%10oc%11ccccc%11c9%10)n8)cc7)(C6)C4)C5)c3)cccc12. The third-order valence-electron chi connectivity index (χ3n) is 14.1. The Hall–Kier alpha value is -6.83. The molecule has 2 aromatic heterocycles. The van der Waals surface area contributed by atoms with E-state index in [-0.39, 0.29) is 10.8 Å². The molecule has 0 amide bonds. The van der Waals surface area contributed by atoms with Crippen molar-refractivity contribution in [2.45, 2.75) is 49.4 Å². The minimum absolute atomic E-state index is 0.157. The summed E-state index contributed by atoms with van der Waals surface area (Å²) in [5.41, 5.74) is 13.1. The number of hydrogen-bond acceptors (Lipinski definition) is 4. The first-order valence-corrected chi connectivity index (χ1v) is 21.0. The molecule has 4 aliphatic rings. The number of fused-ring (bicyclic) bond motifs is 4. The lowest BCUT2D eigenvalue weighted by atomic mass is 9.41. The van der Waals surface area contributed by atoms with Crippen LogP contribution in [0.25, 0.3) is 77.7 Å². The van der Waals surface area contributed by atoms with Gasteiger partial charge in [-0.15, -0.1) is 0 Å². The fourth-order valence-electron chi connectivity index (χ4n) is 12.0. The summed E-state index contributed by atoms with van der Waals surface area (Å²) in [5, 5.41) is 14.1. The van der Waals surface area contributed by atoms with Gasteiger partial charge < -0.3 is 4.42 Å². The zero-order valence-corrected chi connectivity index (χ0v) is 32.7. The van der Waals surface area contributed by atoms with Crippen molar-refractivity contribution in [2.24, 2.45) is 11.8 Å². The standard InChI is InChI=1S/C55H41N3O/c56-33-40-13-7-18-45-43(16-8-17-44(40)45)39-12-6-14-42(27-39)55-31-35-26-36(32-55)30-54(29-35,34-55)41-24-22-38(23-25-41)49-28-48(37-10-2-1-3-11-37)57-53(58-49)47-19-9-21-51-52(47)46-15-4-5-20-50(46)59-51/h1-25,27-28,35-36H,26,29-32,34H2. The second kappa shape index (κ2) is 13.1. The molecular formula is C55H41N3O. The van der Waals surface area contributed by atoms with Crippen LogP contribution in [0.3, 0.4) is 0 Å². The molecule has 0 saturated heterocycles. The summed E-state index contributed by atoms with van der Waals surface area (Å²) >= 11 is 0. The van der Waals surface area contributed by atoms with Crippen molar-refractivity contribution in [3.8, 4) is 51.1 Å². The van der Waals surface area contributed by atoms with Crippen LogP contribution in [0.15, 0.2) is 168 Å². The average molecular weight is 760 g/mol. The smallest absolute Gasteiger partial charge is 0.161 e. The molecule has 13 rings (SSSR count). The summed E-state index contributed by atoms with van der Waals surface area (Å²) in [7, 11) is 0. The van der Waals surface area contributed by atoms with Gasteiger partial charge in [0.05, 0.1) is 23.0 Å². The van der Waals surface area contributed by atoms with E-state index in [1.54, 1.807) is 0 Å². The van der Waals surface area contributed by atoms with E-state index in [0.29, 0.717) is 5.82 Å². The maximum Gasteiger partial charge on any atom is 0.161 e. The average Bonchev–Trinajstić information content (AvgIpc) is 3.67. The van der Waals surface area contributed by atoms with Gasteiger partial charge in [-0.1, -0.05) is 140 Å². The predicted molar refractivity (Wildman–Crippen MR) is 238 cm³/mol. The molecule has 4 nitrogen and oxygen atoms in total. The summed E-state index contributed by atoms with van der Waals surface area (Å²) in [6, 6.07) is 60.7. The Labute approximate surface area is 343 Å². The molecule has 4 aliphatic carbocycles. The van der Waals surface area contributed by atoms with Crippen molar-refractivity contribution in [2.75, 3.05) is 0 Å². The topological polar surface area (TPSA) is 62.7 Å². The van der Waals surface area contributed by atoms with E-state index in [1.807, 2.05) is 42.5 Å². The number of benzene rings is 7. The predicted octanol–water partition coefficient (Wildman–Crippen LogP) is 13.9. The van der Waals surface area contributed by atoms with Crippen molar-refractivity contribution in [3.05, 3.63) is 180 Å². The highest BCUT2D eigenvalue weighted by atomic mass is 16.3. The molecule has 9 aromatic rings. The largest absolute Gasteiger partial charge is 0.456 e. The van der Waals surface area contributed by atoms with Crippen molar-refractivity contribution < 1.29 is 4.42 Å². The van der Waals surface area contributed by atoms with Crippen LogP contribution in [0.4, 0.5) is 0 Å². The van der Waals surface area contributed by atoms with E-state index < -0.39 is 0 Å². The Morgan fingerprint density at radius 3 is 1.92 bits per heavy atom. The van der Waals surface area contributed by atoms with Gasteiger partial charge in [-0.05, 0) is 113 Å². The number of furan rings is 1. The van der Waals surface area contributed by atoms with E-state index in [0.717, 1.165) is 78.2 Å². The van der Waals surface area contributed by atoms with E-state index in [4.69, 9.17) is 14.4 Å². The number of nitrogens with zero attached hydrogens (tertiary/aromatic N) is 3.